The van der Waals surface area contributed by atoms with Gasteiger partial charge in [-0.2, -0.15) is 0 Å². The molecule has 0 fully saturated rings. The highest BCUT2D eigenvalue weighted by atomic mass is 16.5. The van der Waals surface area contributed by atoms with Crippen LogP contribution in [0.2, 0.25) is 0 Å². The first-order valence-electron chi connectivity index (χ1n) is 25.1. The monoisotopic (exact) mass is 804 g/mol. The lowest BCUT2D eigenvalue weighted by Crippen LogP contribution is -2.46. The lowest BCUT2D eigenvalue weighted by Gasteiger charge is -2.24. The van der Waals surface area contributed by atoms with Crippen molar-refractivity contribution in [2.75, 3.05) is 6.61 Å². The predicted octanol–water partition coefficient (Wildman–Crippen LogP) is 14.7. The summed E-state index contributed by atoms with van der Waals surface area (Å²) in [6, 6.07) is -0.703. The van der Waals surface area contributed by atoms with Crippen LogP contribution in [0.3, 0.4) is 0 Å². The Morgan fingerprint density at radius 1 is 0.491 bits per heavy atom. The maximum Gasteiger partial charge on any atom is 0.306 e. The van der Waals surface area contributed by atoms with E-state index in [1.807, 2.05) is 0 Å². The van der Waals surface area contributed by atoms with Crippen LogP contribution in [-0.2, 0) is 14.3 Å². The zero-order valence-corrected chi connectivity index (χ0v) is 38.2. The summed E-state index contributed by atoms with van der Waals surface area (Å²) in [4.78, 5) is 26.0. The van der Waals surface area contributed by atoms with E-state index in [4.69, 9.17) is 4.74 Å². The molecular weight excluding hydrogens is 707 g/mol. The highest BCUT2D eigenvalue weighted by molar-refractivity contribution is 5.77. The Kier molecular flexibility index (Phi) is 44.1. The second-order valence-electron chi connectivity index (χ2n) is 17.2. The first-order chi connectivity index (χ1) is 28.0. The number of allylic oxidation sites excluding steroid dienone is 4. The molecule has 0 spiro atoms. The molecule has 0 aromatic heterocycles. The molecule has 3 unspecified atom stereocenters. The number of hydrogen-bond donors (Lipinski definition) is 3. The molecule has 6 nitrogen and oxygen atoms in total. The highest BCUT2D eigenvalue weighted by Crippen LogP contribution is 2.17. The van der Waals surface area contributed by atoms with Gasteiger partial charge in [-0.1, -0.05) is 206 Å². The Balaban J connectivity index is 4.58. The van der Waals surface area contributed by atoms with Gasteiger partial charge in [0, 0.05) is 6.42 Å². The zero-order chi connectivity index (χ0) is 41.7. The van der Waals surface area contributed by atoms with Crippen LogP contribution in [0.5, 0.6) is 0 Å². The summed E-state index contributed by atoms with van der Waals surface area (Å²) in [6.07, 6.45) is 50.9. The van der Waals surface area contributed by atoms with Crippen molar-refractivity contribution in [2.24, 2.45) is 0 Å². The van der Waals surface area contributed by atoms with Crippen molar-refractivity contribution in [3.05, 3.63) is 24.3 Å². The van der Waals surface area contributed by atoms with Gasteiger partial charge in [0.15, 0.2) is 0 Å². The number of aliphatic hydroxyl groups is 2. The molecule has 3 atom stereocenters. The summed E-state index contributed by atoms with van der Waals surface area (Å²) in [7, 11) is 0. The number of carbonyl (C=O) groups excluding carboxylic acids is 2. The fourth-order valence-corrected chi connectivity index (χ4v) is 7.64. The van der Waals surface area contributed by atoms with Gasteiger partial charge in [-0.05, 0) is 70.6 Å². The van der Waals surface area contributed by atoms with Gasteiger partial charge >= 0.3 is 5.97 Å². The van der Waals surface area contributed by atoms with Crippen LogP contribution in [0.15, 0.2) is 24.3 Å². The van der Waals surface area contributed by atoms with Crippen LogP contribution < -0.4 is 5.32 Å². The average Bonchev–Trinajstić information content (AvgIpc) is 3.20. The van der Waals surface area contributed by atoms with Crippen molar-refractivity contribution < 1.29 is 24.5 Å². The van der Waals surface area contributed by atoms with E-state index in [1.165, 1.54) is 154 Å². The molecule has 57 heavy (non-hydrogen) atoms. The number of hydrogen-bond acceptors (Lipinski definition) is 5. The smallest absolute Gasteiger partial charge is 0.306 e. The molecule has 0 aliphatic carbocycles. The molecule has 0 aromatic carbocycles. The third-order valence-electron chi connectivity index (χ3n) is 11.5. The summed E-state index contributed by atoms with van der Waals surface area (Å²) in [6.45, 7) is 6.44. The van der Waals surface area contributed by atoms with Crippen LogP contribution >= 0.6 is 0 Å². The van der Waals surface area contributed by atoms with Gasteiger partial charge in [-0.15, -0.1) is 0 Å². The third-order valence-corrected chi connectivity index (χ3v) is 11.5. The van der Waals surface area contributed by atoms with Crippen molar-refractivity contribution in [2.45, 2.75) is 283 Å². The molecule has 3 N–H and O–H groups in total. The summed E-state index contributed by atoms with van der Waals surface area (Å²) in [5.74, 6) is -0.491. The number of ether oxygens (including phenoxy) is 1. The van der Waals surface area contributed by atoms with E-state index in [-0.39, 0.29) is 24.9 Å². The van der Waals surface area contributed by atoms with Crippen LogP contribution in [-0.4, -0.2) is 46.9 Å². The molecule has 0 saturated carbocycles. The molecule has 6 heteroatoms. The minimum Gasteiger partial charge on any atom is -0.462 e. The maximum absolute atomic E-state index is 13.2. The van der Waals surface area contributed by atoms with Crippen molar-refractivity contribution in [3.8, 4) is 0 Å². The third kappa shape index (κ3) is 40.9. The van der Waals surface area contributed by atoms with Crippen LogP contribution in [0.4, 0.5) is 0 Å². The Bertz CT molecular complexity index is 904. The SMILES string of the molecule is CCCC/C=C\CCCCCCCC(=O)OC(CCCCC/C=C/CCCCCCCCC)CC(=O)NC(CO)C(O)CCCCCCCCCCCCCCC. The molecule has 0 bridgehead atoms. The minimum absolute atomic E-state index is 0.0673. The van der Waals surface area contributed by atoms with E-state index in [0.29, 0.717) is 19.3 Å². The molecule has 0 rings (SSSR count). The largest absolute Gasteiger partial charge is 0.462 e. The zero-order valence-electron chi connectivity index (χ0n) is 38.2. The van der Waals surface area contributed by atoms with Crippen LogP contribution in [0.25, 0.3) is 0 Å². The molecule has 0 heterocycles. The minimum atomic E-state index is -0.788. The molecular formula is C51H97NO5. The second-order valence-corrected chi connectivity index (χ2v) is 17.2. The lowest BCUT2D eigenvalue weighted by molar-refractivity contribution is -0.151. The first kappa shape index (κ1) is 55.3. The number of aliphatic hydroxyl groups excluding tert-OH is 2. The van der Waals surface area contributed by atoms with E-state index in [9.17, 15) is 19.8 Å². The Labute approximate surface area is 354 Å². The van der Waals surface area contributed by atoms with Crippen LogP contribution in [0.1, 0.15) is 265 Å². The lowest BCUT2D eigenvalue weighted by atomic mass is 10.0. The van der Waals surface area contributed by atoms with Crippen molar-refractivity contribution in [3.63, 3.8) is 0 Å². The van der Waals surface area contributed by atoms with Crippen molar-refractivity contribution in [1.82, 2.24) is 5.32 Å². The van der Waals surface area contributed by atoms with Gasteiger partial charge in [0.1, 0.15) is 6.10 Å². The summed E-state index contributed by atoms with van der Waals surface area (Å²) in [5, 5.41) is 23.7. The number of carbonyl (C=O) groups is 2. The number of esters is 1. The Hall–Kier alpha value is -1.66. The molecule has 0 radical (unpaired) electrons. The number of nitrogens with one attached hydrogen (secondary N) is 1. The molecule has 1 amide bonds. The van der Waals surface area contributed by atoms with E-state index < -0.39 is 18.2 Å². The molecule has 0 saturated heterocycles. The molecule has 0 aliphatic rings. The summed E-state index contributed by atoms with van der Waals surface area (Å²) in [5.41, 5.74) is 0. The van der Waals surface area contributed by atoms with Gasteiger partial charge in [0.05, 0.1) is 25.2 Å². The van der Waals surface area contributed by atoms with Gasteiger partial charge in [0.2, 0.25) is 5.91 Å². The fourth-order valence-electron chi connectivity index (χ4n) is 7.64. The van der Waals surface area contributed by atoms with E-state index in [1.54, 1.807) is 0 Å². The molecule has 0 aromatic rings. The Morgan fingerprint density at radius 3 is 1.32 bits per heavy atom. The first-order valence-corrected chi connectivity index (χ1v) is 25.1. The molecule has 336 valence electrons. The predicted molar refractivity (Wildman–Crippen MR) is 246 cm³/mol. The maximum atomic E-state index is 13.2. The quantitative estimate of drug-likeness (QED) is 0.0324. The molecule has 0 aliphatic heterocycles. The summed E-state index contributed by atoms with van der Waals surface area (Å²) >= 11 is 0. The van der Waals surface area contributed by atoms with Gasteiger partial charge in [-0.25, -0.2) is 0 Å². The fraction of sp³-hybridized carbons (Fsp3) is 0.882. The van der Waals surface area contributed by atoms with Crippen LogP contribution in [0, 0.1) is 0 Å². The number of unbranched alkanes of at least 4 members (excludes halogenated alkanes) is 29. The highest BCUT2D eigenvalue weighted by Gasteiger charge is 2.24. The summed E-state index contributed by atoms with van der Waals surface area (Å²) < 4.78 is 5.91. The van der Waals surface area contributed by atoms with E-state index in [2.05, 4.69) is 50.4 Å². The van der Waals surface area contributed by atoms with Gasteiger partial charge in [0.25, 0.3) is 0 Å². The van der Waals surface area contributed by atoms with Gasteiger partial charge in [-0.3, -0.25) is 9.59 Å². The van der Waals surface area contributed by atoms with Crippen molar-refractivity contribution >= 4 is 11.9 Å². The number of rotatable bonds is 45. The topological polar surface area (TPSA) is 95.9 Å². The van der Waals surface area contributed by atoms with Crippen molar-refractivity contribution in [1.29, 1.82) is 0 Å². The van der Waals surface area contributed by atoms with E-state index in [0.717, 1.165) is 64.2 Å². The second kappa shape index (κ2) is 45.4. The Morgan fingerprint density at radius 2 is 0.860 bits per heavy atom. The van der Waals surface area contributed by atoms with Gasteiger partial charge < -0.3 is 20.3 Å². The normalized spacial score (nSPS) is 13.4. The number of amides is 1. The standard InChI is InChI=1S/C51H97NO5/c1-4-7-10-13-16-19-22-24-26-28-30-33-36-39-42-47(57-51(56)44-41-38-35-32-27-21-18-15-12-9-6-3)45-50(55)52-48(46-53)49(54)43-40-37-34-31-29-25-23-20-17-14-11-8-5-2/h15,18,26,28,47-49,53-54H,4-14,16-17,19-25,27,29-46H2,1-3H3,(H,52,55)/b18-15-,28-26+. The van der Waals surface area contributed by atoms with E-state index >= 15 is 0 Å². The average molecular weight is 804 g/mol.